The van der Waals surface area contributed by atoms with Crippen molar-refractivity contribution in [1.82, 2.24) is 24.8 Å². The van der Waals surface area contributed by atoms with Crippen LogP contribution >= 0.6 is 0 Å². The smallest absolute Gasteiger partial charge is 0.258 e. The molecule has 1 atom stereocenters. The molecule has 1 unspecified atom stereocenters. The van der Waals surface area contributed by atoms with Gasteiger partial charge in [0.25, 0.3) is 11.8 Å². The highest BCUT2D eigenvalue weighted by Crippen LogP contribution is 2.40. The number of nitrogens with zero attached hydrogens (tertiary/aromatic N) is 4. The molecule has 1 saturated carbocycles. The summed E-state index contributed by atoms with van der Waals surface area (Å²) in [7, 11) is 0. The van der Waals surface area contributed by atoms with Crippen LogP contribution in [0, 0.1) is 5.82 Å². The van der Waals surface area contributed by atoms with E-state index in [4.69, 9.17) is 14.8 Å². The first-order valence-electron chi connectivity index (χ1n) is 12.2. The molecule has 2 N–H and O–H groups in total. The number of anilines is 1. The molecule has 1 aromatic carbocycles. The van der Waals surface area contributed by atoms with Gasteiger partial charge in [0.1, 0.15) is 17.4 Å². The summed E-state index contributed by atoms with van der Waals surface area (Å²) in [4.78, 5) is 32.6. The lowest BCUT2D eigenvalue weighted by molar-refractivity contribution is -0.123. The third kappa shape index (κ3) is 4.28. The molecule has 182 valence electrons. The first-order valence-corrected chi connectivity index (χ1v) is 12.2. The van der Waals surface area contributed by atoms with Gasteiger partial charge in [0.2, 0.25) is 0 Å². The van der Waals surface area contributed by atoms with Crippen LogP contribution in [0.3, 0.4) is 0 Å². The summed E-state index contributed by atoms with van der Waals surface area (Å²) < 4.78 is 21.6. The van der Waals surface area contributed by atoms with Crippen molar-refractivity contribution in [2.75, 3.05) is 31.6 Å². The summed E-state index contributed by atoms with van der Waals surface area (Å²) in [6, 6.07) is 7.53. The van der Waals surface area contributed by atoms with Gasteiger partial charge in [-0.1, -0.05) is 0 Å². The van der Waals surface area contributed by atoms with Crippen LogP contribution < -0.4 is 15.4 Å². The first kappa shape index (κ1) is 21.8. The number of rotatable bonds is 1. The van der Waals surface area contributed by atoms with E-state index in [9.17, 15) is 14.0 Å². The van der Waals surface area contributed by atoms with Crippen molar-refractivity contribution in [1.29, 1.82) is 0 Å². The molecule has 0 radical (unpaired) electrons. The minimum Gasteiger partial charge on any atom is -0.483 e. The van der Waals surface area contributed by atoms with Crippen molar-refractivity contribution >= 4 is 23.3 Å². The summed E-state index contributed by atoms with van der Waals surface area (Å²) in [6.45, 7) is 1.14. The van der Waals surface area contributed by atoms with Gasteiger partial charge < -0.3 is 20.3 Å². The first-order chi connectivity index (χ1) is 17.1. The maximum atomic E-state index is 14.2. The number of carbonyl (C=O) groups excluding carboxylic acids is 2. The summed E-state index contributed by atoms with van der Waals surface area (Å²) in [6.07, 6.45) is 4.81. The lowest BCUT2D eigenvalue weighted by Gasteiger charge is -2.35. The average molecular weight is 479 g/mol. The summed E-state index contributed by atoms with van der Waals surface area (Å²) in [5.41, 5.74) is 2.63. The number of piperidine rings is 1. The molecule has 35 heavy (non-hydrogen) atoms. The second kappa shape index (κ2) is 8.83. The lowest BCUT2D eigenvalue weighted by atomic mass is 9.98. The van der Waals surface area contributed by atoms with E-state index in [1.54, 1.807) is 9.42 Å². The molecule has 6 rings (SSSR count). The molecule has 2 bridgehead atoms. The van der Waals surface area contributed by atoms with E-state index in [0.717, 1.165) is 55.0 Å². The summed E-state index contributed by atoms with van der Waals surface area (Å²) in [5, 5.41) is 11.0. The van der Waals surface area contributed by atoms with Crippen LogP contribution in [0.4, 0.5) is 10.2 Å². The maximum absolute atomic E-state index is 14.2. The van der Waals surface area contributed by atoms with E-state index in [1.807, 2.05) is 12.1 Å². The zero-order valence-corrected chi connectivity index (χ0v) is 19.3. The topological polar surface area (TPSA) is 101 Å². The molecule has 4 heterocycles. The van der Waals surface area contributed by atoms with Crippen LogP contribution in [0.25, 0.3) is 5.65 Å². The van der Waals surface area contributed by atoms with Gasteiger partial charge in [0.05, 0.1) is 17.3 Å². The Labute approximate surface area is 201 Å². The molecule has 1 aliphatic carbocycles. The molecule has 2 fully saturated rings. The van der Waals surface area contributed by atoms with E-state index >= 15 is 0 Å². The number of amides is 2. The van der Waals surface area contributed by atoms with E-state index in [-0.39, 0.29) is 35.8 Å². The van der Waals surface area contributed by atoms with Gasteiger partial charge in [0.15, 0.2) is 12.3 Å². The Hall–Kier alpha value is -3.69. The quantitative estimate of drug-likeness (QED) is 0.558. The predicted octanol–water partition coefficient (Wildman–Crippen LogP) is 3.03. The molecule has 3 aliphatic rings. The fourth-order valence-electron chi connectivity index (χ4n) is 4.91. The van der Waals surface area contributed by atoms with Crippen molar-refractivity contribution in [2.45, 2.75) is 44.1 Å². The van der Waals surface area contributed by atoms with Crippen LogP contribution in [0.15, 0.2) is 30.3 Å². The highest BCUT2D eigenvalue weighted by atomic mass is 19.1. The third-order valence-corrected chi connectivity index (χ3v) is 6.85. The van der Waals surface area contributed by atoms with E-state index in [1.165, 1.54) is 18.2 Å². The molecule has 2 aliphatic heterocycles. The van der Waals surface area contributed by atoms with Crippen LogP contribution in [0.1, 0.15) is 65.8 Å². The molecule has 10 heteroatoms. The number of hydrogen-bond acceptors (Lipinski definition) is 6. The molecular formula is C25H27FN6O3. The Bertz CT molecular complexity index is 1300. The minimum atomic E-state index is -0.534. The van der Waals surface area contributed by atoms with Gasteiger partial charge in [-0.25, -0.2) is 9.37 Å². The highest BCUT2D eigenvalue weighted by Gasteiger charge is 2.33. The van der Waals surface area contributed by atoms with E-state index in [0.29, 0.717) is 25.6 Å². The number of benzene rings is 1. The van der Waals surface area contributed by atoms with Crippen molar-refractivity contribution in [3.8, 4) is 5.75 Å². The van der Waals surface area contributed by atoms with E-state index < -0.39 is 5.82 Å². The molecule has 9 nitrogen and oxygen atoms in total. The Morgan fingerprint density at radius 1 is 1.00 bits per heavy atom. The molecule has 1 saturated heterocycles. The number of halogens is 1. The van der Waals surface area contributed by atoms with Gasteiger partial charge >= 0.3 is 0 Å². The zero-order valence-electron chi connectivity index (χ0n) is 19.3. The summed E-state index contributed by atoms with van der Waals surface area (Å²) in [5.74, 6) is 0.268. The van der Waals surface area contributed by atoms with Gasteiger partial charge in [0, 0.05) is 43.4 Å². The number of fused-ring (bicyclic) bond motifs is 4. The van der Waals surface area contributed by atoms with Crippen molar-refractivity contribution in [3.05, 3.63) is 53.1 Å². The SMILES string of the molecule is O=C1COc2ccc(F)cc2C(=O)N2CCCCC2c2cc3nc(C4CC4)cc(n3n2)NCCN1. The molecule has 0 spiro atoms. The van der Waals surface area contributed by atoms with Crippen LogP contribution in [0.5, 0.6) is 5.75 Å². The monoisotopic (exact) mass is 478 g/mol. The second-order valence-corrected chi connectivity index (χ2v) is 9.40. The number of ether oxygens (including phenoxy) is 1. The van der Waals surface area contributed by atoms with Crippen LogP contribution in [-0.4, -0.2) is 57.6 Å². The number of nitrogens with one attached hydrogen (secondary N) is 2. The fraction of sp³-hybridized carbons (Fsp3) is 0.440. The lowest BCUT2D eigenvalue weighted by Crippen LogP contribution is -2.39. The highest BCUT2D eigenvalue weighted by molar-refractivity contribution is 5.97. The van der Waals surface area contributed by atoms with Crippen LogP contribution in [-0.2, 0) is 4.79 Å². The maximum Gasteiger partial charge on any atom is 0.258 e. The zero-order chi connectivity index (χ0) is 23.9. The van der Waals surface area contributed by atoms with Gasteiger partial charge in [-0.3, -0.25) is 9.59 Å². The third-order valence-electron chi connectivity index (χ3n) is 6.85. The standard InChI is InChI=1S/C25H27FN6O3/c26-16-6-7-21-17(11-16)25(34)31-10-2-1-3-20(31)19-13-23-29-18(15-4-5-15)12-22(32(23)30-19)27-8-9-28-24(33)14-35-21/h6-7,11-13,15,20,27H,1-5,8-10,14H2,(H,28,33). The number of aromatic nitrogens is 3. The average Bonchev–Trinajstić information content (AvgIpc) is 3.63. The normalized spacial score (nSPS) is 21.2. The second-order valence-electron chi connectivity index (χ2n) is 9.40. The molecular weight excluding hydrogens is 451 g/mol. The molecule has 2 aromatic heterocycles. The van der Waals surface area contributed by atoms with Crippen molar-refractivity contribution < 1.29 is 18.7 Å². The van der Waals surface area contributed by atoms with Crippen molar-refractivity contribution in [3.63, 3.8) is 0 Å². The Kier molecular flexibility index (Phi) is 5.50. The van der Waals surface area contributed by atoms with Gasteiger partial charge in [-0.05, 0) is 50.3 Å². The molecule has 2 amide bonds. The Balaban J connectivity index is 1.45. The fourth-order valence-corrected chi connectivity index (χ4v) is 4.91. The van der Waals surface area contributed by atoms with E-state index in [2.05, 4.69) is 10.6 Å². The Morgan fingerprint density at radius 2 is 1.86 bits per heavy atom. The predicted molar refractivity (Wildman–Crippen MR) is 126 cm³/mol. The molecule has 3 aromatic rings. The minimum absolute atomic E-state index is 0.108. The Morgan fingerprint density at radius 3 is 2.71 bits per heavy atom. The van der Waals surface area contributed by atoms with Crippen molar-refractivity contribution in [2.24, 2.45) is 0 Å². The number of hydrogen-bond donors (Lipinski definition) is 2. The largest absolute Gasteiger partial charge is 0.483 e. The number of carbonyl (C=O) groups is 2. The van der Waals surface area contributed by atoms with Crippen LogP contribution in [0.2, 0.25) is 0 Å². The van der Waals surface area contributed by atoms with Gasteiger partial charge in [-0.2, -0.15) is 9.61 Å². The van der Waals surface area contributed by atoms with Gasteiger partial charge in [-0.15, -0.1) is 0 Å². The summed E-state index contributed by atoms with van der Waals surface area (Å²) >= 11 is 0.